The Labute approximate surface area is 118 Å². The molecule has 2 aliphatic rings. The molecule has 3 rings (SSSR count). The van der Waals surface area contributed by atoms with Crippen LogP contribution in [0, 0.1) is 0 Å². The molecule has 1 fully saturated rings. The maximum atomic E-state index is 12.1. The number of aliphatic hydroxyl groups excluding tert-OH is 1. The molecule has 0 aromatic heterocycles. The van der Waals surface area contributed by atoms with E-state index < -0.39 is 5.54 Å². The number of hydrogen-bond donors (Lipinski definition) is 3. The second-order valence-corrected chi connectivity index (χ2v) is 5.70. The van der Waals surface area contributed by atoms with Gasteiger partial charge < -0.3 is 20.5 Å². The van der Waals surface area contributed by atoms with Gasteiger partial charge in [-0.2, -0.15) is 0 Å². The van der Waals surface area contributed by atoms with Crippen LogP contribution in [0.4, 0.5) is 10.5 Å². The van der Waals surface area contributed by atoms with E-state index in [-0.39, 0.29) is 12.6 Å². The Hall–Kier alpha value is -1.59. The Morgan fingerprint density at radius 3 is 2.75 bits per heavy atom. The first-order valence-corrected chi connectivity index (χ1v) is 7.10. The van der Waals surface area contributed by atoms with E-state index in [1.165, 1.54) is 5.56 Å². The minimum absolute atomic E-state index is 0.00154. The molecule has 20 heavy (non-hydrogen) atoms. The number of aliphatic hydroxyl groups is 1. The van der Waals surface area contributed by atoms with Crippen molar-refractivity contribution >= 4 is 11.7 Å². The summed E-state index contributed by atoms with van der Waals surface area (Å²) >= 11 is 0. The summed E-state index contributed by atoms with van der Waals surface area (Å²) in [5.74, 6) is 0. The summed E-state index contributed by atoms with van der Waals surface area (Å²) in [6.07, 6.45) is 3.79. The van der Waals surface area contributed by atoms with Crippen LogP contribution in [0.2, 0.25) is 0 Å². The van der Waals surface area contributed by atoms with Crippen molar-refractivity contribution < 1.29 is 14.6 Å². The monoisotopic (exact) mass is 276 g/mol. The third-order valence-corrected chi connectivity index (χ3v) is 4.22. The van der Waals surface area contributed by atoms with Crippen LogP contribution in [0.1, 0.15) is 36.8 Å². The van der Waals surface area contributed by atoms with Crippen LogP contribution in [-0.2, 0) is 18.0 Å². The van der Waals surface area contributed by atoms with Gasteiger partial charge in [-0.3, -0.25) is 0 Å². The zero-order valence-corrected chi connectivity index (χ0v) is 11.4. The predicted octanol–water partition coefficient (Wildman–Crippen LogP) is 2.14. The van der Waals surface area contributed by atoms with Crippen LogP contribution in [0.15, 0.2) is 18.2 Å². The third kappa shape index (κ3) is 2.64. The van der Waals surface area contributed by atoms with Crippen molar-refractivity contribution in [3.05, 3.63) is 29.3 Å². The summed E-state index contributed by atoms with van der Waals surface area (Å²) < 4.78 is 5.35. The number of nitrogens with one attached hydrogen (secondary N) is 2. The van der Waals surface area contributed by atoms with Crippen molar-refractivity contribution in [3.63, 3.8) is 0 Å². The minimum atomic E-state index is -0.441. The van der Waals surface area contributed by atoms with Crippen molar-refractivity contribution in [3.8, 4) is 0 Å². The average Bonchev–Trinajstić information content (AvgIpc) is 3.07. The lowest BCUT2D eigenvalue weighted by molar-refractivity contribution is 0.134. The molecule has 1 aromatic carbocycles. The Morgan fingerprint density at radius 2 is 2.00 bits per heavy atom. The highest BCUT2D eigenvalue weighted by Gasteiger charge is 2.34. The smallest absolute Gasteiger partial charge is 0.319 e. The summed E-state index contributed by atoms with van der Waals surface area (Å²) in [4.78, 5) is 12.1. The molecular formula is C15H20N2O3. The Morgan fingerprint density at radius 1 is 1.25 bits per heavy atom. The molecule has 1 aromatic rings. The maximum Gasteiger partial charge on any atom is 0.319 e. The van der Waals surface area contributed by atoms with E-state index >= 15 is 0 Å². The second-order valence-electron chi connectivity index (χ2n) is 5.70. The van der Waals surface area contributed by atoms with E-state index in [0.29, 0.717) is 13.2 Å². The Kier molecular flexibility index (Phi) is 3.63. The van der Waals surface area contributed by atoms with Crippen molar-refractivity contribution in [2.75, 3.05) is 11.9 Å². The molecular weight excluding hydrogens is 256 g/mol. The normalized spacial score (nSPS) is 19.6. The third-order valence-electron chi connectivity index (χ3n) is 4.22. The molecule has 2 amide bonds. The first-order valence-electron chi connectivity index (χ1n) is 7.10. The minimum Gasteiger partial charge on any atom is -0.394 e. The lowest BCUT2D eigenvalue weighted by atomic mass is 9.99. The number of rotatable bonds is 3. The summed E-state index contributed by atoms with van der Waals surface area (Å²) in [6, 6.07) is 5.56. The van der Waals surface area contributed by atoms with Crippen molar-refractivity contribution in [2.45, 2.75) is 44.4 Å². The van der Waals surface area contributed by atoms with Gasteiger partial charge in [0, 0.05) is 5.69 Å². The molecule has 1 aliphatic heterocycles. The molecule has 0 unspecified atom stereocenters. The fourth-order valence-electron chi connectivity index (χ4n) is 3.03. The van der Waals surface area contributed by atoms with Crippen molar-refractivity contribution in [2.24, 2.45) is 0 Å². The molecule has 1 saturated carbocycles. The van der Waals surface area contributed by atoms with Gasteiger partial charge in [0.05, 0.1) is 25.4 Å². The number of fused-ring (bicyclic) bond motifs is 1. The van der Waals surface area contributed by atoms with Gasteiger partial charge in [-0.25, -0.2) is 4.79 Å². The predicted molar refractivity (Wildman–Crippen MR) is 75.4 cm³/mol. The SMILES string of the molecule is O=C(Nc1ccc2c(c1)COC2)NC1(CO)CCCC1. The molecule has 0 atom stereocenters. The van der Waals surface area contributed by atoms with Gasteiger partial charge in [0.25, 0.3) is 0 Å². The lowest BCUT2D eigenvalue weighted by Crippen LogP contribution is -2.50. The molecule has 108 valence electrons. The molecule has 0 spiro atoms. The van der Waals surface area contributed by atoms with Crippen molar-refractivity contribution in [1.29, 1.82) is 0 Å². The van der Waals surface area contributed by atoms with Crippen LogP contribution < -0.4 is 10.6 Å². The van der Waals surface area contributed by atoms with Gasteiger partial charge >= 0.3 is 6.03 Å². The van der Waals surface area contributed by atoms with E-state index in [1.54, 1.807) is 0 Å². The van der Waals surface area contributed by atoms with Gasteiger partial charge in [0.2, 0.25) is 0 Å². The van der Waals surface area contributed by atoms with E-state index in [9.17, 15) is 9.90 Å². The second kappa shape index (κ2) is 5.42. The number of urea groups is 1. The van der Waals surface area contributed by atoms with E-state index in [0.717, 1.165) is 36.9 Å². The lowest BCUT2D eigenvalue weighted by Gasteiger charge is -2.28. The largest absolute Gasteiger partial charge is 0.394 e. The number of carbonyl (C=O) groups is 1. The number of ether oxygens (including phenoxy) is 1. The van der Waals surface area contributed by atoms with Gasteiger partial charge in [-0.05, 0) is 36.1 Å². The summed E-state index contributed by atoms with van der Waals surface area (Å²) in [5, 5.41) is 15.3. The van der Waals surface area contributed by atoms with Crippen LogP contribution in [0.25, 0.3) is 0 Å². The topological polar surface area (TPSA) is 70.6 Å². The molecule has 0 bridgehead atoms. The molecule has 3 N–H and O–H groups in total. The van der Waals surface area contributed by atoms with Gasteiger partial charge in [-0.15, -0.1) is 0 Å². The first kappa shape index (κ1) is 13.4. The van der Waals surface area contributed by atoms with Gasteiger partial charge in [0.15, 0.2) is 0 Å². The number of amides is 2. The molecule has 1 aliphatic carbocycles. The summed E-state index contributed by atoms with van der Waals surface area (Å²) in [7, 11) is 0. The fraction of sp³-hybridized carbons (Fsp3) is 0.533. The summed E-state index contributed by atoms with van der Waals surface area (Å²) in [5.41, 5.74) is 2.63. The van der Waals surface area contributed by atoms with Crippen LogP contribution in [-0.4, -0.2) is 23.3 Å². The number of carbonyl (C=O) groups excluding carboxylic acids is 1. The average molecular weight is 276 g/mol. The van der Waals surface area contributed by atoms with Gasteiger partial charge in [0.1, 0.15) is 0 Å². The van der Waals surface area contributed by atoms with Crippen molar-refractivity contribution in [1.82, 2.24) is 5.32 Å². The highest BCUT2D eigenvalue weighted by molar-refractivity contribution is 5.90. The molecule has 1 heterocycles. The highest BCUT2D eigenvalue weighted by atomic mass is 16.5. The zero-order valence-electron chi connectivity index (χ0n) is 11.4. The van der Waals surface area contributed by atoms with Crippen LogP contribution in [0.3, 0.4) is 0 Å². The quantitative estimate of drug-likeness (QED) is 0.792. The number of hydrogen-bond acceptors (Lipinski definition) is 3. The van der Waals surface area contributed by atoms with Crippen LogP contribution in [0.5, 0.6) is 0 Å². The molecule has 0 radical (unpaired) electrons. The highest BCUT2D eigenvalue weighted by Crippen LogP contribution is 2.29. The van der Waals surface area contributed by atoms with Gasteiger partial charge in [-0.1, -0.05) is 18.9 Å². The number of benzene rings is 1. The molecule has 0 saturated heterocycles. The van der Waals surface area contributed by atoms with E-state index in [2.05, 4.69) is 10.6 Å². The van der Waals surface area contributed by atoms with E-state index in [1.807, 2.05) is 18.2 Å². The molecule has 5 nitrogen and oxygen atoms in total. The fourth-order valence-corrected chi connectivity index (χ4v) is 3.03. The van der Waals surface area contributed by atoms with Crippen LogP contribution >= 0.6 is 0 Å². The first-order chi connectivity index (χ1) is 9.71. The maximum absolute atomic E-state index is 12.1. The summed E-state index contributed by atoms with van der Waals surface area (Å²) in [6.45, 7) is 1.25. The number of anilines is 1. The standard InChI is InChI=1S/C15H20N2O3/c18-10-15(5-1-2-6-15)17-14(19)16-13-4-3-11-8-20-9-12(11)7-13/h3-4,7,18H,1-2,5-6,8-10H2,(H2,16,17,19). The molecule has 5 heteroatoms. The zero-order chi connectivity index (χ0) is 14.0. The van der Waals surface area contributed by atoms with E-state index in [4.69, 9.17) is 4.74 Å². The Bertz CT molecular complexity index is 510. The Balaban J connectivity index is 1.64.